The van der Waals surface area contributed by atoms with Gasteiger partial charge in [-0.2, -0.15) is 0 Å². The normalized spacial score (nSPS) is 12.0. The number of benzene rings is 2. The molecule has 0 aliphatic rings. The quantitative estimate of drug-likeness (QED) is 0.195. The fourth-order valence-electron chi connectivity index (χ4n) is 3.80. The maximum Gasteiger partial charge on any atom is 0.320 e. The molecule has 0 amide bonds. The minimum Gasteiger partial charge on any atom is -0.857 e. The van der Waals surface area contributed by atoms with Crippen LogP contribution in [0.4, 0.5) is 20.4 Å². The van der Waals surface area contributed by atoms with Crippen LogP contribution in [0.2, 0.25) is 0 Å². The molecule has 3 aromatic heterocycles. The summed E-state index contributed by atoms with van der Waals surface area (Å²) in [5.41, 5.74) is 8.25. The number of nitrogens with zero attached hydrogens (tertiary/aromatic N) is 4. The van der Waals surface area contributed by atoms with Gasteiger partial charge in [-0.25, -0.2) is 18.8 Å². The van der Waals surface area contributed by atoms with Crippen LogP contribution >= 0.6 is 11.3 Å². The van der Waals surface area contributed by atoms with Gasteiger partial charge in [0.1, 0.15) is 22.2 Å². The van der Waals surface area contributed by atoms with Gasteiger partial charge in [0, 0.05) is 28.5 Å². The van der Waals surface area contributed by atoms with E-state index in [4.69, 9.17) is 20.0 Å². The zero-order valence-electron chi connectivity index (χ0n) is 20.0. The smallest absolute Gasteiger partial charge is 0.320 e. The second kappa shape index (κ2) is 9.58. The third kappa shape index (κ3) is 4.60. The number of nitrogens with two attached hydrogens (primary N) is 1. The summed E-state index contributed by atoms with van der Waals surface area (Å²) in [6.45, 7) is 3.81. The highest BCUT2D eigenvalue weighted by molar-refractivity contribution is 7.21. The van der Waals surface area contributed by atoms with Crippen LogP contribution in [-0.2, 0) is 0 Å². The zero-order chi connectivity index (χ0) is 26.3. The number of pyridine rings is 1. The van der Waals surface area contributed by atoms with Gasteiger partial charge in [0.15, 0.2) is 6.04 Å². The summed E-state index contributed by atoms with van der Waals surface area (Å²) in [4.78, 5) is 9.21. The number of thiophene rings is 1. The molecular weight excluding hydrogens is 500 g/mol. The van der Waals surface area contributed by atoms with Crippen molar-refractivity contribution in [3.63, 3.8) is 0 Å². The van der Waals surface area contributed by atoms with Crippen molar-refractivity contribution in [2.45, 2.75) is 19.9 Å². The van der Waals surface area contributed by atoms with Gasteiger partial charge in [-0.1, -0.05) is 0 Å². The van der Waals surface area contributed by atoms with Gasteiger partial charge in [-0.05, 0) is 66.6 Å². The Kier molecular flexibility index (Phi) is 6.30. The first-order chi connectivity index (χ1) is 17.7. The molecule has 0 saturated heterocycles. The van der Waals surface area contributed by atoms with E-state index in [0.717, 1.165) is 29.0 Å². The number of ether oxygens (including phenoxy) is 1. The molecule has 3 heterocycles. The van der Waals surface area contributed by atoms with E-state index in [1.54, 1.807) is 25.3 Å². The van der Waals surface area contributed by atoms with Crippen molar-refractivity contribution >= 4 is 39.0 Å². The molecule has 11 heteroatoms. The highest BCUT2D eigenvalue weighted by Crippen LogP contribution is 2.42. The number of hydrogen-bond donors (Lipinski definition) is 1. The first-order valence-corrected chi connectivity index (χ1v) is 12.0. The summed E-state index contributed by atoms with van der Waals surface area (Å²) in [6, 6.07) is 12.1. The van der Waals surface area contributed by atoms with E-state index in [1.165, 1.54) is 16.9 Å². The Bertz CT molecular complexity index is 1640. The van der Waals surface area contributed by atoms with Gasteiger partial charge in [-0.15, -0.1) is 11.3 Å². The maximum absolute atomic E-state index is 14.9. The Morgan fingerprint density at radius 3 is 2.54 bits per heavy atom. The Hall–Kier alpha value is -4.38. The molecule has 0 aliphatic heterocycles. The van der Waals surface area contributed by atoms with Crippen LogP contribution in [0.1, 0.15) is 24.8 Å². The van der Waals surface area contributed by atoms with Crippen LogP contribution in [0.25, 0.3) is 32.6 Å². The van der Waals surface area contributed by atoms with E-state index in [2.05, 4.69) is 10.3 Å². The summed E-state index contributed by atoms with van der Waals surface area (Å²) in [7, 11) is 1.56. The minimum atomic E-state index is -0.767. The molecule has 0 bridgehead atoms. The number of halogens is 2. The average Bonchev–Trinajstić information content (AvgIpc) is 3.48. The summed E-state index contributed by atoms with van der Waals surface area (Å²) in [6.07, 6.45) is 1.51. The Morgan fingerprint density at radius 1 is 1.14 bits per heavy atom. The number of methoxy groups -OCH3 is 1. The number of fused-ring (bicyclic) bond motifs is 1. The highest BCUT2D eigenvalue weighted by atomic mass is 32.1. The predicted octanol–water partition coefficient (Wildman–Crippen LogP) is 4.79. The number of hydrogen-bond acceptors (Lipinski definition) is 8. The van der Waals surface area contributed by atoms with E-state index in [1.807, 2.05) is 26.0 Å². The molecular formula is C26H21F2N5O3S. The Labute approximate surface area is 214 Å². The van der Waals surface area contributed by atoms with Gasteiger partial charge in [0.2, 0.25) is 5.27 Å². The van der Waals surface area contributed by atoms with E-state index in [9.17, 15) is 13.9 Å². The molecule has 2 N–H and O–H groups in total. The first-order valence-electron chi connectivity index (χ1n) is 11.2. The molecule has 0 aliphatic carbocycles. The maximum atomic E-state index is 14.9. The second-order valence-corrected chi connectivity index (χ2v) is 9.46. The number of anilines is 1. The van der Waals surface area contributed by atoms with Crippen LogP contribution in [0.5, 0.6) is 5.75 Å². The number of rotatable bonds is 6. The van der Waals surface area contributed by atoms with Crippen LogP contribution in [0, 0.1) is 11.6 Å². The van der Waals surface area contributed by atoms with Gasteiger partial charge >= 0.3 is 5.88 Å². The monoisotopic (exact) mass is 521 g/mol. The molecule has 0 spiro atoms. The van der Waals surface area contributed by atoms with Gasteiger partial charge < -0.3 is 15.6 Å². The van der Waals surface area contributed by atoms with Crippen LogP contribution in [0.3, 0.4) is 0 Å². The van der Waals surface area contributed by atoms with Crippen molar-refractivity contribution in [2.75, 3.05) is 12.8 Å². The molecule has 5 rings (SSSR count). The Balaban J connectivity index is 1.71. The van der Waals surface area contributed by atoms with Crippen LogP contribution < -0.4 is 20.3 Å². The standard InChI is InChI=1S/C26H21F2N5O3S/c1-13(2)33-12-21(36-32-33)31-25(34)24-23(29)22-18(17-9-6-15(27)10-19(17)28)11-20(30-26(22)37-24)14-4-7-16(35-3)8-5-14/h4-13H,1-3H3,(H2-,29,31,32,34). The summed E-state index contributed by atoms with van der Waals surface area (Å²) in [5, 5.41) is 17.3. The number of aliphatic imine (C=N–C) groups is 1. The molecule has 0 atom stereocenters. The largest absolute Gasteiger partial charge is 0.857 e. The van der Waals surface area contributed by atoms with Crippen molar-refractivity contribution in [3.8, 4) is 28.1 Å². The van der Waals surface area contributed by atoms with E-state index in [0.29, 0.717) is 27.2 Å². The van der Waals surface area contributed by atoms with E-state index < -0.39 is 17.5 Å². The number of nitrogen functional groups attached to an aromatic ring is 1. The lowest BCUT2D eigenvalue weighted by Gasteiger charge is -2.11. The minimum absolute atomic E-state index is 0.0194. The van der Waals surface area contributed by atoms with Crippen LogP contribution in [0.15, 0.2) is 64.2 Å². The summed E-state index contributed by atoms with van der Waals surface area (Å²) >= 11 is 1.03. The van der Waals surface area contributed by atoms with Crippen molar-refractivity contribution in [3.05, 3.63) is 71.2 Å². The molecule has 5 aromatic rings. The van der Waals surface area contributed by atoms with Gasteiger partial charge in [0.25, 0.3) is 6.20 Å². The van der Waals surface area contributed by atoms with E-state index >= 15 is 0 Å². The third-order valence-corrected chi connectivity index (χ3v) is 6.80. The summed E-state index contributed by atoms with van der Waals surface area (Å²) in [5.74, 6) is -1.44. The molecule has 0 fully saturated rings. The van der Waals surface area contributed by atoms with Crippen molar-refractivity contribution in [2.24, 2.45) is 4.99 Å². The summed E-state index contributed by atoms with van der Waals surface area (Å²) < 4.78 is 40.5. The SMILES string of the molecule is COc1ccc(-c2cc(-c3ccc(F)cc3F)c3c(N)c(/C([O-])=N/c4c[n+](C(C)C)no4)sc3n2)cc1. The van der Waals surface area contributed by atoms with Crippen molar-refractivity contribution < 1.29 is 27.8 Å². The molecule has 37 heavy (non-hydrogen) atoms. The lowest BCUT2D eigenvalue weighted by molar-refractivity contribution is -0.779. The second-order valence-electron chi connectivity index (χ2n) is 8.46. The Morgan fingerprint density at radius 2 is 1.89 bits per heavy atom. The first kappa shape index (κ1) is 24.3. The van der Waals surface area contributed by atoms with Crippen molar-refractivity contribution in [1.29, 1.82) is 0 Å². The fourth-order valence-corrected chi connectivity index (χ4v) is 4.81. The van der Waals surface area contributed by atoms with E-state index in [-0.39, 0.29) is 28.1 Å². The highest BCUT2D eigenvalue weighted by Gasteiger charge is 2.21. The fraction of sp³-hybridized carbons (Fsp3) is 0.154. The molecule has 0 saturated carbocycles. The molecule has 0 unspecified atom stereocenters. The lowest BCUT2D eigenvalue weighted by atomic mass is 9.99. The van der Waals surface area contributed by atoms with Crippen molar-refractivity contribution in [1.82, 2.24) is 10.3 Å². The predicted molar refractivity (Wildman–Crippen MR) is 135 cm³/mol. The lowest BCUT2D eigenvalue weighted by Crippen LogP contribution is -2.36. The third-order valence-electron chi connectivity index (χ3n) is 5.71. The molecule has 8 nitrogen and oxygen atoms in total. The molecule has 2 aromatic carbocycles. The topological polar surface area (TPSA) is 113 Å². The van der Waals surface area contributed by atoms with Gasteiger partial charge in [0.05, 0.1) is 23.4 Å². The average molecular weight is 522 g/mol. The molecule has 0 radical (unpaired) electrons. The molecule has 188 valence electrons. The number of aromatic nitrogens is 3. The van der Waals surface area contributed by atoms with Crippen LogP contribution in [-0.4, -0.2) is 23.3 Å². The van der Waals surface area contributed by atoms with Gasteiger partial charge in [-0.3, -0.25) is 4.52 Å². The zero-order valence-corrected chi connectivity index (χ0v) is 20.8.